The van der Waals surface area contributed by atoms with Gasteiger partial charge in [-0.15, -0.1) is 0 Å². The summed E-state index contributed by atoms with van der Waals surface area (Å²) >= 11 is 6.31. The van der Waals surface area contributed by atoms with Gasteiger partial charge < -0.3 is 9.64 Å². The Morgan fingerprint density at radius 2 is 1.86 bits per heavy atom. The fraction of sp³-hybridized carbons (Fsp3) is 0.391. The van der Waals surface area contributed by atoms with Crippen molar-refractivity contribution in [1.82, 2.24) is 4.90 Å². The number of Topliss-reactive ketones (excluding diaryl/α,β-unsaturated/α-hetero) is 1. The summed E-state index contributed by atoms with van der Waals surface area (Å²) in [4.78, 5) is 27.3. The number of amides is 1. The van der Waals surface area contributed by atoms with Crippen LogP contribution in [0.15, 0.2) is 30.3 Å². The van der Waals surface area contributed by atoms with Crippen LogP contribution in [-0.4, -0.2) is 35.3 Å². The number of nitrogens with zero attached hydrogens (tertiary/aromatic N) is 1. The molecule has 0 saturated carbocycles. The molecule has 2 aromatic rings. The maximum absolute atomic E-state index is 13.0. The van der Waals surface area contributed by atoms with Gasteiger partial charge in [0.1, 0.15) is 17.2 Å². The number of likely N-dealkylation sites (tertiary alicyclic amines) is 1. The summed E-state index contributed by atoms with van der Waals surface area (Å²) in [6, 6.07) is 7.84. The first-order valence-corrected chi connectivity index (χ1v) is 10.2. The third kappa shape index (κ3) is 3.76. The Labute approximate surface area is 174 Å². The number of rotatable bonds is 2. The second kappa shape index (κ2) is 7.45. The molecular formula is C23H23ClFNO3. The van der Waals surface area contributed by atoms with E-state index >= 15 is 0 Å². The van der Waals surface area contributed by atoms with Crippen molar-refractivity contribution in [2.45, 2.75) is 45.1 Å². The lowest BCUT2D eigenvalue weighted by Gasteiger charge is -2.44. The molecule has 29 heavy (non-hydrogen) atoms. The van der Waals surface area contributed by atoms with Gasteiger partial charge in [0.05, 0.1) is 18.4 Å². The third-order valence-electron chi connectivity index (χ3n) is 6.03. The van der Waals surface area contributed by atoms with Gasteiger partial charge in [-0.3, -0.25) is 9.59 Å². The van der Waals surface area contributed by atoms with E-state index in [-0.39, 0.29) is 23.9 Å². The summed E-state index contributed by atoms with van der Waals surface area (Å²) in [5, 5.41) is 0.609. The molecule has 0 aliphatic carbocycles. The van der Waals surface area contributed by atoms with Crippen molar-refractivity contribution in [3.8, 4) is 5.75 Å². The standard InChI is InChI=1S/C23H23ClFNO3/c1-14-11-19-21(15(2)22(14)24)18(27)13-23(29-19)7-9-26(10-8-23)20(28)12-16-3-5-17(25)6-4-16/h3-6,11H,7-10,12-13H2,1-2H3. The molecule has 1 fully saturated rings. The molecule has 0 aromatic heterocycles. The third-order valence-corrected chi connectivity index (χ3v) is 6.61. The van der Waals surface area contributed by atoms with E-state index in [0.717, 1.165) is 16.7 Å². The first kappa shape index (κ1) is 19.9. The summed E-state index contributed by atoms with van der Waals surface area (Å²) < 4.78 is 19.4. The number of ether oxygens (including phenoxy) is 1. The Hall–Kier alpha value is -2.40. The van der Waals surface area contributed by atoms with E-state index in [1.165, 1.54) is 12.1 Å². The van der Waals surface area contributed by atoms with Gasteiger partial charge in [0.25, 0.3) is 0 Å². The maximum Gasteiger partial charge on any atom is 0.226 e. The van der Waals surface area contributed by atoms with E-state index in [1.807, 2.05) is 19.9 Å². The quantitative estimate of drug-likeness (QED) is 0.716. The molecule has 0 radical (unpaired) electrons. The number of halogens is 2. The lowest BCUT2D eigenvalue weighted by atomic mass is 9.81. The molecule has 1 amide bonds. The first-order valence-electron chi connectivity index (χ1n) is 9.82. The zero-order chi connectivity index (χ0) is 20.8. The van der Waals surface area contributed by atoms with E-state index in [4.69, 9.17) is 16.3 Å². The van der Waals surface area contributed by atoms with Gasteiger partial charge in [0.15, 0.2) is 5.78 Å². The molecule has 1 spiro atoms. The smallest absolute Gasteiger partial charge is 0.226 e. The zero-order valence-electron chi connectivity index (χ0n) is 16.6. The highest BCUT2D eigenvalue weighted by Gasteiger charge is 2.44. The first-order chi connectivity index (χ1) is 13.8. The number of aryl methyl sites for hydroxylation is 1. The number of fused-ring (bicyclic) bond motifs is 1. The SMILES string of the molecule is Cc1cc2c(c(C)c1Cl)C(=O)CC1(CCN(C(=O)Cc3ccc(F)cc3)CC1)O2. The summed E-state index contributed by atoms with van der Waals surface area (Å²) in [5.41, 5.74) is 2.47. The van der Waals surface area contributed by atoms with Crippen LogP contribution >= 0.6 is 11.6 Å². The lowest BCUT2D eigenvalue weighted by Crippen LogP contribution is -2.52. The van der Waals surface area contributed by atoms with Crippen LogP contribution < -0.4 is 4.74 Å². The van der Waals surface area contributed by atoms with Crippen LogP contribution in [-0.2, 0) is 11.2 Å². The highest BCUT2D eigenvalue weighted by Crippen LogP contribution is 2.43. The number of ketones is 1. The van der Waals surface area contributed by atoms with Crippen molar-refractivity contribution in [3.05, 3.63) is 63.4 Å². The van der Waals surface area contributed by atoms with Crippen LogP contribution in [0.1, 0.15) is 46.3 Å². The topological polar surface area (TPSA) is 46.6 Å². The van der Waals surface area contributed by atoms with Crippen LogP contribution in [0, 0.1) is 19.7 Å². The molecule has 2 heterocycles. The molecule has 2 aliphatic heterocycles. The number of carbonyl (C=O) groups excluding carboxylic acids is 2. The van der Waals surface area contributed by atoms with E-state index in [0.29, 0.717) is 48.7 Å². The minimum absolute atomic E-state index is 0.00691. The summed E-state index contributed by atoms with van der Waals surface area (Å²) in [6.45, 7) is 4.83. The Morgan fingerprint density at radius 3 is 2.52 bits per heavy atom. The fourth-order valence-corrected chi connectivity index (χ4v) is 4.48. The summed E-state index contributed by atoms with van der Waals surface area (Å²) in [6.07, 6.45) is 1.76. The van der Waals surface area contributed by atoms with Gasteiger partial charge in [0.2, 0.25) is 5.91 Å². The number of benzene rings is 2. The minimum Gasteiger partial charge on any atom is -0.486 e. The predicted molar refractivity (Wildman–Crippen MR) is 109 cm³/mol. The van der Waals surface area contributed by atoms with Crippen molar-refractivity contribution in [3.63, 3.8) is 0 Å². The van der Waals surface area contributed by atoms with Gasteiger partial charge in [-0.1, -0.05) is 23.7 Å². The molecule has 4 rings (SSSR count). The molecule has 0 unspecified atom stereocenters. The molecule has 6 heteroatoms. The van der Waals surface area contributed by atoms with Gasteiger partial charge >= 0.3 is 0 Å². The Kier molecular flexibility index (Phi) is 5.11. The minimum atomic E-state index is -0.566. The molecule has 4 nitrogen and oxygen atoms in total. The van der Waals surface area contributed by atoms with E-state index < -0.39 is 5.60 Å². The van der Waals surface area contributed by atoms with Crippen LogP contribution in [0.3, 0.4) is 0 Å². The normalized spacial score (nSPS) is 17.8. The molecule has 152 valence electrons. The molecule has 1 saturated heterocycles. The number of hydrogen-bond donors (Lipinski definition) is 0. The largest absolute Gasteiger partial charge is 0.486 e. The highest BCUT2D eigenvalue weighted by atomic mass is 35.5. The predicted octanol–water partition coefficient (Wildman–Crippen LogP) is 4.67. The fourth-order valence-electron chi connectivity index (χ4n) is 4.33. The van der Waals surface area contributed by atoms with Gasteiger partial charge in [0, 0.05) is 31.0 Å². The van der Waals surface area contributed by atoms with Gasteiger partial charge in [-0.2, -0.15) is 0 Å². The van der Waals surface area contributed by atoms with Crippen LogP contribution in [0.4, 0.5) is 4.39 Å². The Bertz CT molecular complexity index is 979. The average molecular weight is 416 g/mol. The average Bonchev–Trinajstić information content (AvgIpc) is 2.68. The zero-order valence-corrected chi connectivity index (χ0v) is 17.3. The van der Waals surface area contributed by atoms with Crippen molar-refractivity contribution >= 4 is 23.3 Å². The van der Waals surface area contributed by atoms with Crippen LogP contribution in [0.2, 0.25) is 5.02 Å². The second-order valence-corrected chi connectivity index (χ2v) is 8.45. The van der Waals surface area contributed by atoms with Crippen molar-refractivity contribution < 1.29 is 18.7 Å². The van der Waals surface area contributed by atoms with Crippen molar-refractivity contribution in [2.75, 3.05) is 13.1 Å². The molecule has 0 bridgehead atoms. The number of piperidine rings is 1. The molecule has 2 aliphatic rings. The molecule has 0 atom stereocenters. The Morgan fingerprint density at radius 1 is 1.21 bits per heavy atom. The van der Waals surface area contributed by atoms with Crippen molar-refractivity contribution in [1.29, 1.82) is 0 Å². The van der Waals surface area contributed by atoms with E-state index in [9.17, 15) is 14.0 Å². The molecular weight excluding hydrogens is 393 g/mol. The monoisotopic (exact) mass is 415 g/mol. The van der Waals surface area contributed by atoms with Crippen LogP contribution in [0.5, 0.6) is 5.75 Å². The highest BCUT2D eigenvalue weighted by molar-refractivity contribution is 6.32. The number of carbonyl (C=O) groups is 2. The second-order valence-electron chi connectivity index (χ2n) is 8.07. The molecule has 2 aromatic carbocycles. The van der Waals surface area contributed by atoms with E-state index in [1.54, 1.807) is 17.0 Å². The van der Waals surface area contributed by atoms with Gasteiger partial charge in [-0.05, 0) is 48.7 Å². The lowest BCUT2D eigenvalue weighted by molar-refractivity contribution is -0.134. The summed E-state index contributed by atoms with van der Waals surface area (Å²) in [7, 11) is 0. The van der Waals surface area contributed by atoms with Crippen LogP contribution in [0.25, 0.3) is 0 Å². The molecule has 0 N–H and O–H groups in total. The maximum atomic E-state index is 13.0. The summed E-state index contributed by atoms with van der Waals surface area (Å²) in [5.74, 6) is 0.350. The van der Waals surface area contributed by atoms with Crippen molar-refractivity contribution in [2.24, 2.45) is 0 Å². The van der Waals surface area contributed by atoms with Gasteiger partial charge in [-0.25, -0.2) is 4.39 Å². The van der Waals surface area contributed by atoms with E-state index in [2.05, 4.69) is 0 Å². The number of hydrogen-bond acceptors (Lipinski definition) is 3. The Balaban J connectivity index is 1.46.